The molecule has 0 fully saturated rings. The van der Waals surface area contributed by atoms with Gasteiger partial charge in [0.15, 0.2) is 0 Å². The van der Waals surface area contributed by atoms with Crippen molar-refractivity contribution in [3.05, 3.63) is 41.2 Å². The second-order valence-electron chi connectivity index (χ2n) is 5.60. The molecule has 1 unspecified atom stereocenters. The van der Waals surface area contributed by atoms with E-state index >= 15 is 0 Å². The van der Waals surface area contributed by atoms with Gasteiger partial charge in [0.1, 0.15) is 5.69 Å². The third kappa shape index (κ3) is 2.18. The largest absolute Gasteiger partial charge is 0.399 e. The number of aryl methyl sites for hydroxylation is 2. The molecule has 1 aliphatic rings. The first-order valence-corrected chi connectivity index (χ1v) is 7.27. The second kappa shape index (κ2) is 4.91. The number of carbonyl (C=O) groups is 1. The minimum Gasteiger partial charge on any atom is -0.399 e. The molecule has 1 amide bonds. The second-order valence-corrected chi connectivity index (χ2v) is 5.60. The van der Waals surface area contributed by atoms with Crippen molar-refractivity contribution in [3.8, 4) is 0 Å². The van der Waals surface area contributed by atoms with Gasteiger partial charge in [-0.3, -0.25) is 9.48 Å². The molecule has 2 N–H and O–H groups in total. The summed E-state index contributed by atoms with van der Waals surface area (Å²) in [5, 5.41) is 4.37. The summed E-state index contributed by atoms with van der Waals surface area (Å²) < 4.78 is 1.76. The van der Waals surface area contributed by atoms with E-state index < -0.39 is 0 Å². The van der Waals surface area contributed by atoms with Crippen LogP contribution in [0.15, 0.2) is 24.3 Å². The third-order valence-corrected chi connectivity index (χ3v) is 3.96. The Kier molecular flexibility index (Phi) is 3.20. The Labute approximate surface area is 124 Å². The number of benzene rings is 1. The number of hydrogen-bond donors (Lipinski definition) is 1. The van der Waals surface area contributed by atoms with Crippen LogP contribution in [0.25, 0.3) is 0 Å². The monoisotopic (exact) mass is 284 g/mol. The van der Waals surface area contributed by atoms with Crippen molar-refractivity contribution in [2.45, 2.75) is 39.8 Å². The van der Waals surface area contributed by atoms with Crippen LogP contribution in [0.1, 0.15) is 35.6 Å². The average molecular weight is 284 g/mol. The fraction of sp³-hybridized carbons (Fsp3) is 0.375. The number of nitrogens with zero attached hydrogens (tertiary/aromatic N) is 3. The van der Waals surface area contributed by atoms with Crippen LogP contribution in [0.4, 0.5) is 11.4 Å². The van der Waals surface area contributed by atoms with Gasteiger partial charge < -0.3 is 10.6 Å². The van der Waals surface area contributed by atoms with Crippen LogP contribution in [0.2, 0.25) is 0 Å². The number of anilines is 2. The van der Waals surface area contributed by atoms with Gasteiger partial charge in [-0.25, -0.2) is 0 Å². The molecule has 0 spiro atoms. The zero-order valence-corrected chi connectivity index (χ0v) is 12.6. The Balaban J connectivity index is 2.02. The molecule has 110 valence electrons. The van der Waals surface area contributed by atoms with Gasteiger partial charge in [-0.05, 0) is 57.0 Å². The van der Waals surface area contributed by atoms with Crippen LogP contribution in [-0.2, 0) is 13.0 Å². The molecule has 1 aliphatic heterocycles. The lowest BCUT2D eigenvalue weighted by Gasteiger charge is -2.23. The number of hydrogen-bond acceptors (Lipinski definition) is 3. The number of rotatable bonds is 2. The fourth-order valence-electron chi connectivity index (χ4n) is 3.04. The van der Waals surface area contributed by atoms with Crippen molar-refractivity contribution in [1.29, 1.82) is 0 Å². The van der Waals surface area contributed by atoms with E-state index in [-0.39, 0.29) is 11.9 Å². The summed E-state index contributed by atoms with van der Waals surface area (Å²) >= 11 is 0. The molecule has 0 aliphatic carbocycles. The van der Waals surface area contributed by atoms with E-state index in [9.17, 15) is 4.79 Å². The molecular weight excluding hydrogens is 264 g/mol. The van der Waals surface area contributed by atoms with Gasteiger partial charge in [0.05, 0.1) is 5.69 Å². The molecule has 2 aromatic rings. The molecule has 1 aromatic carbocycles. The smallest absolute Gasteiger partial charge is 0.276 e. The highest BCUT2D eigenvalue weighted by molar-refractivity contribution is 6.07. The maximum Gasteiger partial charge on any atom is 0.276 e. The van der Waals surface area contributed by atoms with Gasteiger partial charge in [-0.15, -0.1) is 0 Å². The van der Waals surface area contributed by atoms with Gasteiger partial charge in [0, 0.05) is 24.0 Å². The van der Waals surface area contributed by atoms with Crippen LogP contribution < -0.4 is 10.6 Å². The van der Waals surface area contributed by atoms with Crippen LogP contribution in [0, 0.1) is 6.92 Å². The van der Waals surface area contributed by atoms with Gasteiger partial charge in [0.25, 0.3) is 5.91 Å². The fourth-order valence-corrected chi connectivity index (χ4v) is 3.04. The Morgan fingerprint density at radius 2 is 2.19 bits per heavy atom. The van der Waals surface area contributed by atoms with E-state index in [2.05, 4.69) is 12.0 Å². The standard InChI is InChI=1S/C16H20N4O/c1-4-19-15(7-10(2)18-19)16(21)20-11(3)8-12-9-13(17)5-6-14(12)20/h5-7,9,11H,4,8,17H2,1-3H3. The van der Waals surface area contributed by atoms with Crippen molar-refractivity contribution >= 4 is 17.3 Å². The first-order valence-electron chi connectivity index (χ1n) is 7.27. The van der Waals surface area contributed by atoms with Crippen LogP contribution >= 0.6 is 0 Å². The molecule has 3 rings (SSSR count). The van der Waals surface area contributed by atoms with Crippen LogP contribution in [0.3, 0.4) is 0 Å². The highest BCUT2D eigenvalue weighted by atomic mass is 16.2. The normalized spacial score (nSPS) is 17.1. The first kappa shape index (κ1) is 13.7. The number of fused-ring (bicyclic) bond motifs is 1. The molecule has 0 saturated heterocycles. The van der Waals surface area contributed by atoms with Crippen molar-refractivity contribution in [3.63, 3.8) is 0 Å². The molecule has 0 bridgehead atoms. The number of aromatic nitrogens is 2. The summed E-state index contributed by atoms with van der Waals surface area (Å²) in [6.45, 7) is 6.65. The van der Waals surface area contributed by atoms with Crippen molar-refractivity contribution in [2.24, 2.45) is 0 Å². The quantitative estimate of drug-likeness (QED) is 0.861. The lowest BCUT2D eigenvalue weighted by atomic mass is 10.1. The molecule has 5 nitrogen and oxygen atoms in total. The molecule has 1 aromatic heterocycles. The van der Waals surface area contributed by atoms with Crippen LogP contribution in [0.5, 0.6) is 0 Å². The maximum absolute atomic E-state index is 12.9. The lowest BCUT2D eigenvalue weighted by Crippen LogP contribution is -2.37. The minimum atomic E-state index is 0.00784. The zero-order chi connectivity index (χ0) is 15.1. The van der Waals surface area contributed by atoms with Crippen molar-refractivity contribution in [2.75, 3.05) is 10.6 Å². The van der Waals surface area contributed by atoms with E-state index in [1.54, 1.807) is 4.68 Å². The molecular formula is C16H20N4O. The average Bonchev–Trinajstić information content (AvgIpc) is 2.96. The topological polar surface area (TPSA) is 64.2 Å². The number of nitrogen functional groups attached to an aromatic ring is 1. The highest BCUT2D eigenvalue weighted by Crippen LogP contribution is 2.34. The molecule has 2 heterocycles. The number of amides is 1. The minimum absolute atomic E-state index is 0.00784. The van der Waals surface area contributed by atoms with E-state index in [4.69, 9.17) is 5.73 Å². The zero-order valence-electron chi connectivity index (χ0n) is 12.6. The predicted octanol–water partition coefficient (Wildman–Crippen LogP) is 2.39. The maximum atomic E-state index is 12.9. The number of carbonyl (C=O) groups excluding carboxylic acids is 1. The van der Waals surface area contributed by atoms with E-state index in [0.29, 0.717) is 12.2 Å². The molecule has 0 radical (unpaired) electrons. The predicted molar refractivity (Wildman–Crippen MR) is 83.5 cm³/mol. The summed E-state index contributed by atoms with van der Waals surface area (Å²) in [6, 6.07) is 7.73. The number of nitrogens with two attached hydrogens (primary N) is 1. The van der Waals surface area contributed by atoms with Crippen molar-refractivity contribution < 1.29 is 4.79 Å². The van der Waals surface area contributed by atoms with Crippen molar-refractivity contribution in [1.82, 2.24) is 9.78 Å². The first-order chi connectivity index (χ1) is 10.0. The third-order valence-electron chi connectivity index (χ3n) is 3.96. The molecule has 21 heavy (non-hydrogen) atoms. The van der Waals surface area contributed by atoms with E-state index in [1.807, 2.05) is 43.0 Å². The van der Waals surface area contributed by atoms with E-state index in [0.717, 1.165) is 29.1 Å². The molecule has 0 saturated carbocycles. The lowest BCUT2D eigenvalue weighted by molar-refractivity contribution is 0.0971. The van der Waals surface area contributed by atoms with E-state index in [1.165, 1.54) is 0 Å². The molecule has 5 heteroatoms. The van der Waals surface area contributed by atoms with Gasteiger partial charge in [-0.1, -0.05) is 0 Å². The SMILES string of the molecule is CCn1nc(C)cc1C(=O)N1c2ccc(N)cc2CC1C. The summed E-state index contributed by atoms with van der Waals surface area (Å²) in [5.41, 5.74) is 10.2. The Morgan fingerprint density at radius 3 is 2.90 bits per heavy atom. The van der Waals surface area contributed by atoms with Gasteiger partial charge in [-0.2, -0.15) is 5.10 Å². The van der Waals surface area contributed by atoms with Crippen LogP contribution in [-0.4, -0.2) is 21.7 Å². The van der Waals surface area contributed by atoms with Gasteiger partial charge >= 0.3 is 0 Å². The highest BCUT2D eigenvalue weighted by Gasteiger charge is 2.33. The Bertz CT molecular complexity index is 704. The summed E-state index contributed by atoms with van der Waals surface area (Å²) in [7, 11) is 0. The summed E-state index contributed by atoms with van der Waals surface area (Å²) in [6.07, 6.45) is 0.839. The van der Waals surface area contributed by atoms with Gasteiger partial charge in [0.2, 0.25) is 0 Å². The summed E-state index contributed by atoms with van der Waals surface area (Å²) in [5.74, 6) is 0.00784. The Hall–Kier alpha value is -2.30. The summed E-state index contributed by atoms with van der Waals surface area (Å²) in [4.78, 5) is 14.8. The Morgan fingerprint density at radius 1 is 1.43 bits per heavy atom. The molecule has 1 atom stereocenters.